The van der Waals surface area contributed by atoms with E-state index in [1.54, 1.807) is 12.1 Å². The Balaban J connectivity index is 1.90. The van der Waals surface area contributed by atoms with E-state index < -0.39 is 26.7 Å². The smallest absolute Gasteiger partial charge is 0.185 e. The zero-order valence-electron chi connectivity index (χ0n) is 14.2. The Kier molecular flexibility index (Phi) is 5.58. The van der Waals surface area contributed by atoms with Gasteiger partial charge in [-0.25, -0.2) is 17.2 Å². The zero-order chi connectivity index (χ0) is 18.7. The molecule has 0 aromatic heterocycles. The monoisotopic (exact) mass is 381 g/mol. The highest BCUT2D eigenvalue weighted by Crippen LogP contribution is 2.33. The molecular formula is C19H21F2NO3S. The minimum absolute atomic E-state index is 0.0607. The molecule has 0 bridgehead atoms. The second kappa shape index (κ2) is 7.72. The maximum Gasteiger partial charge on any atom is 0.185 e. The SMILES string of the molecule is O=S(=O)(c1c(O)cccc1CCc1ccc(F)cc1F)C1CCNCC1. The van der Waals surface area contributed by atoms with Gasteiger partial charge in [-0.05, 0) is 62.0 Å². The number of nitrogens with one attached hydrogen (secondary N) is 1. The van der Waals surface area contributed by atoms with Crippen molar-refractivity contribution in [3.8, 4) is 5.75 Å². The molecule has 0 radical (unpaired) electrons. The molecule has 3 rings (SSSR count). The summed E-state index contributed by atoms with van der Waals surface area (Å²) in [5.74, 6) is -1.59. The number of hydrogen-bond acceptors (Lipinski definition) is 4. The summed E-state index contributed by atoms with van der Waals surface area (Å²) in [6.45, 7) is 1.24. The van der Waals surface area contributed by atoms with Gasteiger partial charge in [0.05, 0.1) is 5.25 Å². The summed E-state index contributed by atoms with van der Waals surface area (Å²) in [4.78, 5) is -0.0607. The number of aryl methyl sites for hydroxylation is 2. The van der Waals surface area contributed by atoms with Gasteiger partial charge in [-0.15, -0.1) is 0 Å². The van der Waals surface area contributed by atoms with E-state index in [1.165, 1.54) is 18.2 Å². The summed E-state index contributed by atoms with van der Waals surface area (Å²) in [6, 6.07) is 7.91. The van der Waals surface area contributed by atoms with Crippen LogP contribution in [0.25, 0.3) is 0 Å². The molecule has 140 valence electrons. The first-order valence-electron chi connectivity index (χ1n) is 8.59. The van der Waals surface area contributed by atoms with Crippen molar-refractivity contribution >= 4 is 9.84 Å². The van der Waals surface area contributed by atoms with Crippen molar-refractivity contribution in [3.05, 3.63) is 59.2 Å². The lowest BCUT2D eigenvalue weighted by Crippen LogP contribution is -2.36. The van der Waals surface area contributed by atoms with Gasteiger partial charge >= 0.3 is 0 Å². The van der Waals surface area contributed by atoms with E-state index >= 15 is 0 Å². The lowest BCUT2D eigenvalue weighted by molar-refractivity contribution is 0.451. The Bertz CT molecular complexity index is 894. The molecule has 1 heterocycles. The molecule has 4 nitrogen and oxygen atoms in total. The average molecular weight is 381 g/mol. The molecule has 1 fully saturated rings. The summed E-state index contributed by atoms with van der Waals surface area (Å²) in [7, 11) is -3.69. The molecule has 1 saturated heterocycles. The second-order valence-electron chi connectivity index (χ2n) is 6.50. The fourth-order valence-electron chi connectivity index (χ4n) is 3.36. The van der Waals surface area contributed by atoms with Crippen LogP contribution in [-0.2, 0) is 22.7 Å². The first kappa shape index (κ1) is 18.8. The first-order valence-corrected chi connectivity index (χ1v) is 10.1. The van der Waals surface area contributed by atoms with Crippen molar-refractivity contribution in [2.24, 2.45) is 0 Å². The number of halogens is 2. The number of aromatic hydroxyl groups is 1. The van der Waals surface area contributed by atoms with Gasteiger partial charge in [-0.2, -0.15) is 0 Å². The summed E-state index contributed by atoms with van der Waals surface area (Å²) < 4.78 is 53.0. The average Bonchev–Trinajstić information content (AvgIpc) is 2.61. The molecule has 1 aliphatic rings. The lowest BCUT2D eigenvalue weighted by Gasteiger charge is -2.24. The van der Waals surface area contributed by atoms with Gasteiger partial charge in [0.25, 0.3) is 0 Å². The van der Waals surface area contributed by atoms with E-state index in [1.807, 2.05) is 0 Å². The first-order chi connectivity index (χ1) is 12.4. The molecular weight excluding hydrogens is 360 g/mol. The number of phenolic OH excluding ortho intramolecular Hbond substituents is 1. The van der Waals surface area contributed by atoms with Crippen LogP contribution in [0.4, 0.5) is 8.78 Å². The molecule has 0 aliphatic carbocycles. The highest BCUT2D eigenvalue weighted by atomic mass is 32.2. The van der Waals surface area contributed by atoms with Crippen LogP contribution in [0.1, 0.15) is 24.0 Å². The van der Waals surface area contributed by atoms with E-state index in [4.69, 9.17) is 0 Å². The van der Waals surface area contributed by atoms with Crippen molar-refractivity contribution < 1.29 is 22.3 Å². The third-order valence-corrected chi connectivity index (χ3v) is 7.15. The summed E-state index contributed by atoms with van der Waals surface area (Å²) in [6.07, 6.45) is 1.42. The Morgan fingerprint density at radius 2 is 1.73 bits per heavy atom. The van der Waals surface area contributed by atoms with Gasteiger partial charge in [0.15, 0.2) is 9.84 Å². The Morgan fingerprint density at radius 1 is 1.04 bits per heavy atom. The number of phenols is 1. The number of piperidine rings is 1. The quantitative estimate of drug-likeness (QED) is 0.836. The van der Waals surface area contributed by atoms with Gasteiger partial charge < -0.3 is 10.4 Å². The van der Waals surface area contributed by atoms with Crippen LogP contribution in [-0.4, -0.2) is 31.9 Å². The highest BCUT2D eigenvalue weighted by Gasteiger charge is 2.32. The minimum Gasteiger partial charge on any atom is -0.507 e. The Labute approximate surface area is 151 Å². The molecule has 1 aliphatic heterocycles. The maximum atomic E-state index is 13.8. The van der Waals surface area contributed by atoms with Crippen LogP contribution < -0.4 is 5.32 Å². The fraction of sp³-hybridized carbons (Fsp3) is 0.368. The van der Waals surface area contributed by atoms with Crippen molar-refractivity contribution in [2.75, 3.05) is 13.1 Å². The van der Waals surface area contributed by atoms with E-state index in [2.05, 4.69) is 5.32 Å². The molecule has 0 amide bonds. The minimum atomic E-state index is -3.69. The van der Waals surface area contributed by atoms with Crippen LogP contribution in [0.3, 0.4) is 0 Å². The molecule has 2 aromatic rings. The normalized spacial score (nSPS) is 15.9. The molecule has 0 saturated carbocycles. The molecule has 0 atom stereocenters. The van der Waals surface area contributed by atoms with E-state index in [-0.39, 0.29) is 23.5 Å². The van der Waals surface area contributed by atoms with Crippen molar-refractivity contribution in [2.45, 2.75) is 35.8 Å². The van der Waals surface area contributed by atoms with E-state index in [0.717, 1.165) is 6.07 Å². The number of rotatable bonds is 5. The number of hydrogen-bond donors (Lipinski definition) is 2. The molecule has 7 heteroatoms. The second-order valence-corrected chi connectivity index (χ2v) is 8.66. The standard InChI is InChI=1S/C19H21F2NO3S/c20-15-7-6-13(17(21)12-15)4-5-14-2-1-3-18(23)19(14)26(24,25)16-8-10-22-11-9-16/h1-3,6-7,12,16,22-23H,4-5,8-11H2. The van der Waals surface area contributed by atoms with E-state index in [0.29, 0.717) is 37.1 Å². The van der Waals surface area contributed by atoms with Gasteiger partial charge in [0.1, 0.15) is 22.3 Å². The highest BCUT2D eigenvalue weighted by molar-refractivity contribution is 7.92. The third-order valence-electron chi connectivity index (χ3n) is 4.76. The van der Waals surface area contributed by atoms with Crippen molar-refractivity contribution in [3.63, 3.8) is 0 Å². The Morgan fingerprint density at radius 3 is 2.42 bits per heavy atom. The Hall–Kier alpha value is -1.99. The van der Waals surface area contributed by atoms with Crippen molar-refractivity contribution in [1.29, 1.82) is 0 Å². The van der Waals surface area contributed by atoms with Crippen LogP contribution in [0.2, 0.25) is 0 Å². The van der Waals surface area contributed by atoms with Crippen LogP contribution >= 0.6 is 0 Å². The topological polar surface area (TPSA) is 66.4 Å². The molecule has 26 heavy (non-hydrogen) atoms. The lowest BCUT2D eigenvalue weighted by atomic mass is 10.0. The predicted molar refractivity (Wildman–Crippen MR) is 95.0 cm³/mol. The van der Waals surface area contributed by atoms with Crippen molar-refractivity contribution in [1.82, 2.24) is 5.32 Å². The van der Waals surface area contributed by atoms with Gasteiger partial charge in [0, 0.05) is 6.07 Å². The largest absolute Gasteiger partial charge is 0.507 e. The van der Waals surface area contributed by atoms with Gasteiger partial charge in [0.2, 0.25) is 0 Å². The maximum absolute atomic E-state index is 13.8. The predicted octanol–water partition coefficient (Wildman–Crippen LogP) is 2.98. The molecule has 0 spiro atoms. The number of sulfone groups is 1. The molecule has 2 aromatic carbocycles. The molecule has 0 unspecified atom stereocenters. The summed E-state index contributed by atoms with van der Waals surface area (Å²) in [5, 5.41) is 12.8. The summed E-state index contributed by atoms with van der Waals surface area (Å²) >= 11 is 0. The van der Waals surface area contributed by atoms with Gasteiger partial charge in [-0.3, -0.25) is 0 Å². The zero-order valence-corrected chi connectivity index (χ0v) is 15.0. The van der Waals surface area contributed by atoms with Crippen LogP contribution in [0, 0.1) is 11.6 Å². The summed E-state index contributed by atoms with van der Waals surface area (Å²) in [5.41, 5.74) is 0.757. The number of benzene rings is 2. The fourth-order valence-corrected chi connectivity index (χ4v) is 5.45. The van der Waals surface area contributed by atoms with Gasteiger partial charge in [-0.1, -0.05) is 18.2 Å². The molecule has 2 N–H and O–H groups in total. The third kappa shape index (κ3) is 3.88. The van der Waals surface area contributed by atoms with E-state index in [9.17, 15) is 22.3 Å². The van der Waals surface area contributed by atoms with Crippen LogP contribution in [0.5, 0.6) is 5.75 Å². The van der Waals surface area contributed by atoms with Crippen LogP contribution in [0.15, 0.2) is 41.3 Å².